The number of aromatic nitrogens is 6. The molecule has 5 heterocycles. The van der Waals surface area contributed by atoms with Crippen LogP contribution in [0.5, 0.6) is 0 Å². The Kier molecular flexibility index (Phi) is 4.74. The number of rotatable bonds is 3. The van der Waals surface area contributed by atoms with Crippen LogP contribution < -0.4 is 10.6 Å². The third kappa shape index (κ3) is 2.86. The summed E-state index contributed by atoms with van der Waals surface area (Å²) < 4.78 is 16.4. The Morgan fingerprint density at radius 1 is 1.35 bits per heavy atom. The van der Waals surface area contributed by atoms with Crippen molar-refractivity contribution in [2.45, 2.75) is 50.2 Å². The zero-order chi connectivity index (χ0) is 23.7. The van der Waals surface area contributed by atoms with Gasteiger partial charge < -0.3 is 15.7 Å². The van der Waals surface area contributed by atoms with E-state index < -0.39 is 18.3 Å². The molecule has 3 aromatic heterocycles. The van der Waals surface area contributed by atoms with E-state index in [1.54, 1.807) is 19.2 Å². The van der Waals surface area contributed by atoms with Gasteiger partial charge in [0.25, 0.3) is 0 Å². The molecule has 2 aliphatic heterocycles. The third-order valence-electron chi connectivity index (χ3n) is 7.01. The fourth-order valence-electron chi connectivity index (χ4n) is 5.45. The van der Waals surface area contributed by atoms with Crippen LogP contribution in [0, 0.1) is 11.3 Å². The van der Waals surface area contributed by atoms with Gasteiger partial charge in [-0.3, -0.25) is 9.78 Å². The van der Waals surface area contributed by atoms with Gasteiger partial charge in [0, 0.05) is 24.7 Å². The zero-order valence-electron chi connectivity index (χ0n) is 18.2. The van der Waals surface area contributed by atoms with E-state index in [9.17, 15) is 14.8 Å². The zero-order valence-corrected chi connectivity index (χ0v) is 19.0. The molecule has 34 heavy (non-hydrogen) atoms. The lowest BCUT2D eigenvalue weighted by Gasteiger charge is -2.41. The molecule has 0 saturated carbocycles. The summed E-state index contributed by atoms with van der Waals surface area (Å²) >= 11 is 6.72. The molecule has 0 amide bonds. The summed E-state index contributed by atoms with van der Waals surface area (Å²) in [5.74, 6) is 0.440. The van der Waals surface area contributed by atoms with E-state index in [0.29, 0.717) is 68.4 Å². The van der Waals surface area contributed by atoms with Crippen molar-refractivity contribution < 1.29 is 9.50 Å². The van der Waals surface area contributed by atoms with Crippen LogP contribution in [0.4, 0.5) is 10.2 Å². The summed E-state index contributed by atoms with van der Waals surface area (Å²) in [6, 6.07) is 4.85. The van der Waals surface area contributed by atoms with Crippen molar-refractivity contribution in [2.24, 2.45) is 12.8 Å². The molecule has 10 nitrogen and oxygen atoms in total. The Morgan fingerprint density at radius 2 is 2.18 bits per heavy atom. The number of nitriles is 1. The van der Waals surface area contributed by atoms with Gasteiger partial charge in [-0.15, -0.1) is 0 Å². The molecule has 4 aromatic rings. The number of anilines is 1. The first kappa shape index (κ1) is 21.2. The minimum absolute atomic E-state index is 0.0503. The number of H-pyrrole nitrogens is 1. The smallest absolute Gasteiger partial charge is 0.202 e. The van der Waals surface area contributed by atoms with Crippen molar-refractivity contribution >= 4 is 39.5 Å². The van der Waals surface area contributed by atoms with Crippen LogP contribution in [0.1, 0.15) is 30.7 Å². The second-order valence-electron chi connectivity index (χ2n) is 8.88. The lowest BCUT2D eigenvalue weighted by Crippen LogP contribution is -2.56. The average molecular weight is 482 g/mol. The first-order chi connectivity index (χ1) is 16.4. The fraction of sp³-hybridized carbons (Fsp3) is 0.409. The number of aryl methyl sites for hydroxylation is 1. The molecule has 4 atom stereocenters. The maximum Gasteiger partial charge on any atom is 0.202 e. The minimum atomic E-state index is -1.17. The van der Waals surface area contributed by atoms with E-state index in [0.717, 1.165) is 6.42 Å². The Balaban J connectivity index is 1.50. The molecule has 2 aliphatic rings. The molecular formula is C22H21ClFN9O. The molecule has 2 fully saturated rings. The summed E-state index contributed by atoms with van der Waals surface area (Å²) in [5, 5.41) is 32.2. The number of nitrogens with zero attached hydrogens (tertiary/aromatic N) is 7. The summed E-state index contributed by atoms with van der Waals surface area (Å²) in [7, 11) is 1.68. The number of halogens is 2. The Morgan fingerprint density at radius 3 is 2.94 bits per heavy atom. The molecule has 0 unspecified atom stereocenters. The van der Waals surface area contributed by atoms with E-state index in [1.165, 1.54) is 4.68 Å². The van der Waals surface area contributed by atoms with Crippen molar-refractivity contribution in [3.8, 4) is 17.3 Å². The Hall–Kier alpha value is -3.33. The van der Waals surface area contributed by atoms with Crippen LogP contribution in [0.2, 0.25) is 5.02 Å². The maximum absolute atomic E-state index is 14.9. The molecule has 0 spiro atoms. The predicted octanol–water partition coefficient (Wildman–Crippen LogP) is 2.33. The number of piperidine rings is 1. The molecule has 2 saturated heterocycles. The highest BCUT2D eigenvalue weighted by atomic mass is 35.5. The average Bonchev–Trinajstić information content (AvgIpc) is 3.49. The number of aliphatic hydroxyl groups is 1. The van der Waals surface area contributed by atoms with Crippen molar-refractivity contribution in [2.75, 3.05) is 4.90 Å². The van der Waals surface area contributed by atoms with Crippen LogP contribution in [0.3, 0.4) is 0 Å². The van der Waals surface area contributed by atoms with E-state index in [-0.39, 0.29) is 12.6 Å². The highest BCUT2D eigenvalue weighted by molar-refractivity contribution is 6.38. The van der Waals surface area contributed by atoms with Crippen molar-refractivity contribution in [3.05, 3.63) is 28.5 Å². The Labute approximate surface area is 198 Å². The molecule has 2 bridgehead atoms. The topological polar surface area (TPSA) is 146 Å². The van der Waals surface area contributed by atoms with Crippen molar-refractivity contribution in [1.82, 2.24) is 29.9 Å². The van der Waals surface area contributed by atoms with Gasteiger partial charge in [0.15, 0.2) is 5.82 Å². The number of aromatic amines is 1. The largest absolute Gasteiger partial charge is 0.390 e. The fourth-order valence-corrected chi connectivity index (χ4v) is 5.79. The van der Waals surface area contributed by atoms with E-state index in [1.807, 2.05) is 4.90 Å². The maximum atomic E-state index is 14.9. The second-order valence-corrected chi connectivity index (χ2v) is 9.26. The SMILES string of the molecule is Cn1nc2ccc(-c3[nH]nc4nc(N5[C@H]6CC[C@@H]5[C@@H](F)[C@@H](N)C6)c(CO)nc34)c(Cl)c2c1C#N. The molecular weight excluding hydrogens is 461 g/mol. The lowest BCUT2D eigenvalue weighted by molar-refractivity contribution is 0.202. The highest BCUT2D eigenvalue weighted by Gasteiger charge is 2.48. The van der Waals surface area contributed by atoms with Gasteiger partial charge in [-0.05, 0) is 31.4 Å². The van der Waals surface area contributed by atoms with E-state index in [4.69, 9.17) is 17.3 Å². The first-order valence-corrected chi connectivity index (χ1v) is 11.4. The number of hydrogen-bond acceptors (Lipinski definition) is 8. The number of nitrogens with two attached hydrogens (primary N) is 1. The number of benzene rings is 1. The highest BCUT2D eigenvalue weighted by Crippen LogP contribution is 2.42. The van der Waals surface area contributed by atoms with Crippen LogP contribution >= 0.6 is 11.6 Å². The summed E-state index contributed by atoms with van der Waals surface area (Å²) in [6.07, 6.45) is 0.849. The van der Waals surface area contributed by atoms with Crippen LogP contribution in [-0.2, 0) is 13.7 Å². The van der Waals surface area contributed by atoms with Crippen LogP contribution in [0.15, 0.2) is 12.1 Å². The number of nitrogens with one attached hydrogen (secondary N) is 1. The molecule has 1 aromatic carbocycles. The van der Waals surface area contributed by atoms with E-state index >= 15 is 0 Å². The molecule has 12 heteroatoms. The van der Waals surface area contributed by atoms with Gasteiger partial charge in [0.05, 0.1) is 34.3 Å². The normalized spacial score (nSPS) is 24.3. The van der Waals surface area contributed by atoms with Gasteiger partial charge in [-0.1, -0.05) is 11.6 Å². The van der Waals surface area contributed by atoms with Crippen LogP contribution in [-0.4, -0.2) is 59.3 Å². The Bertz CT molecular complexity index is 1490. The van der Waals surface area contributed by atoms with Gasteiger partial charge in [-0.25, -0.2) is 14.4 Å². The number of aliphatic hydroxyl groups excluding tert-OH is 1. The molecule has 0 aliphatic carbocycles. The summed E-state index contributed by atoms with van der Waals surface area (Å²) in [5.41, 5.74) is 9.13. The number of fused-ring (bicyclic) bond motifs is 4. The van der Waals surface area contributed by atoms with Gasteiger partial charge >= 0.3 is 0 Å². The third-order valence-corrected chi connectivity index (χ3v) is 7.41. The first-order valence-electron chi connectivity index (χ1n) is 11.0. The molecule has 4 N–H and O–H groups in total. The van der Waals surface area contributed by atoms with Crippen molar-refractivity contribution in [3.63, 3.8) is 0 Å². The lowest BCUT2D eigenvalue weighted by atomic mass is 9.96. The standard InChI is InChI=1S/C22H21ClFN9O/c1-32-15(7-25)16-12(31-32)4-3-10(17(16)23)19-20-21(30-29-19)28-22(13(8-34)27-20)33-9-2-5-14(33)18(24)11(26)6-9/h3-4,9,11,14,18,34H,2,5-6,8,26H2,1H3,(H,28,29,30)/t9-,11-,14+,18-/m0/s1. The van der Waals surface area contributed by atoms with Gasteiger partial charge in [0.2, 0.25) is 5.65 Å². The summed E-state index contributed by atoms with van der Waals surface area (Å²) in [4.78, 5) is 11.3. The molecule has 174 valence electrons. The minimum Gasteiger partial charge on any atom is -0.390 e. The van der Waals surface area contributed by atoms with E-state index in [2.05, 4.69) is 31.3 Å². The van der Waals surface area contributed by atoms with Gasteiger partial charge in [0.1, 0.15) is 29.1 Å². The van der Waals surface area contributed by atoms with Crippen LogP contribution in [0.25, 0.3) is 33.3 Å². The second kappa shape index (κ2) is 7.59. The van der Waals surface area contributed by atoms with Crippen molar-refractivity contribution in [1.29, 1.82) is 5.26 Å². The monoisotopic (exact) mass is 481 g/mol. The number of hydrogen-bond donors (Lipinski definition) is 3. The molecule has 6 rings (SSSR count). The predicted molar refractivity (Wildman–Crippen MR) is 124 cm³/mol. The molecule has 0 radical (unpaired) electrons. The summed E-state index contributed by atoms with van der Waals surface area (Å²) in [6.45, 7) is -0.365. The van der Waals surface area contributed by atoms with Gasteiger partial charge in [-0.2, -0.15) is 15.5 Å². The number of alkyl halides is 1. The quantitative estimate of drug-likeness (QED) is 0.404.